The summed E-state index contributed by atoms with van der Waals surface area (Å²) in [6.07, 6.45) is 6.66. The predicted octanol–water partition coefficient (Wildman–Crippen LogP) is 5.91. The Morgan fingerprint density at radius 1 is 0.821 bits per heavy atom. The molecule has 148 valence electrons. The minimum atomic E-state index is -0.389. The maximum atomic E-state index is 12.4. The summed E-state index contributed by atoms with van der Waals surface area (Å²) in [5.41, 5.74) is 1.85. The van der Waals surface area contributed by atoms with Crippen LogP contribution in [0.4, 0.5) is 0 Å². The van der Waals surface area contributed by atoms with Crippen molar-refractivity contribution in [2.24, 2.45) is 5.92 Å². The van der Waals surface area contributed by atoms with E-state index in [1.54, 1.807) is 31.2 Å². The molecule has 2 aromatic rings. The Morgan fingerprint density at radius 2 is 1.39 bits per heavy atom. The van der Waals surface area contributed by atoms with Crippen molar-refractivity contribution in [1.82, 2.24) is 0 Å². The molecule has 0 spiro atoms. The molecule has 28 heavy (non-hydrogen) atoms. The van der Waals surface area contributed by atoms with Crippen LogP contribution in [0.5, 0.6) is 11.5 Å². The normalized spacial score (nSPS) is 19.1. The molecule has 0 saturated heterocycles. The summed E-state index contributed by atoms with van der Waals surface area (Å²) in [5, 5.41) is 0. The van der Waals surface area contributed by atoms with Crippen LogP contribution in [0.15, 0.2) is 48.5 Å². The summed E-state index contributed by atoms with van der Waals surface area (Å²) < 4.78 is 10.5. The van der Waals surface area contributed by atoms with Crippen molar-refractivity contribution >= 4 is 11.9 Å². The first-order chi connectivity index (χ1) is 13.6. The summed E-state index contributed by atoms with van der Waals surface area (Å²) in [6, 6.07) is 14.3. The number of esters is 2. The lowest BCUT2D eigenvalue weighted by Gasteiger charge is -2.28. The van der Waals surface area contributed by atoms with E-state index in [0.717, 1.165) is 5.92 Å². The summed E-state index contributed by atoms with van der Waals surface area (Å²) in [4.78, 5) is 23.7. The Balaban J connectivity index is 1.56. The van der Waals surface area contributed by atoms with Crippen LogP contribution in [-0.2, 0) is 4.79 Å². The first-order valence-electron chi connectivity index (χ1n) is 10.2. The molecule has 3 rings (SSSR count). The molecule has 2 aromatic carbocycles. The second kappa shape index (κ2) is 9.54. The summed E-state index contributed by atoms with van der Waals surface area (Å²) in [7, 11) is 0. The summed E-state index contributed by atoms with van der Waals surface area (Å²) >= 11 is 0. The minimum absolute atomic E-state index is 0.298. The number of benzene rings is 2. The van der Waals surface area contributed by atoms with Crippen LogP contribution in [0.1, 0.15) is 74.2 Å². The van der Waals surface area contributed by atoms with Crippen LogP contribution in [0.3, 0.4) is 0 Å². The third-order valence-electron chi connectivity index (χ3n) is 5.60. The van der Waals surface area contributed by atoms with E-state index in [2.05, 4.69) is 19.1 Å². The molecule has 4 nitrogen and oxygen atoms in total. The van der Waals surface area contributed by atoms with Gasteiger partial charge in [0.05, 0.1) is 5.56 Å². The molecule has 0 aliphatic heterocycles. The fourth-order valence-electron chi connectivity index (χ4n) is 3.74. The first kappa shape index (κ1) is 20.1. The lowest BCUT2D eigenvalue weighted by Crippen LogP contribution is -2.13. The monoisotopic (exact) mass is 380 g/mol. The highest BCUT2D eigenvalue weighted by Crippen LogP contribution is 2.36. The molecule has 0 N–H and O–H groups in total. The van der Waals surface area contributed by atoms with Crippen LogP contribution >= 0.6 is 0 Å². The van der Waals surface area contributed by atoms with Gasteiger partial charge in [-0.25, -0.2) is 4.79 Å². The quantitative estimate of drug-likeness (QED) is 0.462. The topological polar surface area (TPSA) is 52.6 Å². The van der Waals surface area contributed by atoms with Gasteiger partial charge in [-0.2, -0.15) is 0 Å². The van der Waals surface area contributed by atoms with E-state index < -0.39 is 0 Å². The molecule has 1 aliphatic rings. The van der Waals surface area contributed by atoms with Gasteiger partial charge in [-0.15, -0.1) is 0 Å². The van der Waals surface area contributed by atoms with Crippen LogP contribution in [0, 0.1) is 5.92 Å². The maximum Gasteiger partial charge on any atom is 0.343 e. The summed E-state index contributed by atoms with van der Waals surface area (Å²) in [6.45, 7) is 4.01. The Bertz CT molecular complexity index is 784. The van der Waals surface area contributed by atoms with Gasteiger partial charge in [0.25, 0.3) is 0 Å². The van der Waals surface area contributed by atoms with Crippen LogP contribution in [0.25, 0.3) is 0 Å². The van der Waals surface area contributed by atoms with Crippen molar-refractivity contribution in [3.63, 3.8) is 0 Å². The van der Waals surface area contributed by atoms with Gasteiger partial charge in [-0.05, 0) is 79.5 Å². The van der Waals surface area contributed by atoms with Crippen molar-refractivity contribution < 1.29 is 19.1 Å². The minimum Gasteiger partial charge on any atom is -0.427 e. The zero-order chi connectivity index (χ0) is 19.9. The van der Waals surface area contributed by atoms with E-state index in [9.17, 15) is 9.59 Å². The molecule has 1 saturated carbocycles. The number of ether oxygens (including phenoxy) is 2. The molecule has 1 fully saturated rings. The average molecular weight is 380 g/mol. The molecule has 4 heteroatoms. The fourth-order valence-corrected chi connectivity index (χ4v) is 3.74. The van der Waals surface area contributed by atoms with Crippen molar-refractivity contribution in [2.75, 3.05) is 0 Å². The highest BCUT2D eigenvalue weighted by atomic mass is 16.5. The SMILES string of the molecule is CCC(=O)Oc1ccc(OC(=O)c2ccc(C3CCC(CC)CC3)cc2)cc1. The van der Waals surface area contributed by atoms with Crippen molar-refractivity contribution in [3.05, 3.63) is 59.7 Å². The first-order valence-corrected chi connectivity index (χ1v) is 10.2. The van der Waals surface area contributed by atoms with E-state index in [4.69, 9.17) is 9.47 Å². The number of carbonyl (C=O) groups is 2. The lowest BCUT2D eigenvalue weighted by atomic mass is 9.78. The number of hydrogen-bond donors (Lipinski definition) is 0. The molecular weight excluding hydrogens is 352 g/mol. The van der Waals surface area contributed by atoms with Crippen LogP contribution < -0.4 is 9.47 Å². The van der Waals surface area contributed by atoms with Gasteiger partial charge in [0.1, 0.15) is 11.5 Å². The Kier molecular flexibility index (Phi) is 6.85. The molecular formula is C24H28O4. The lowest BCUT2D eigenvalue weighted by molar-refractivity contribution is -0.134. The van der Waals surface area contributed by atoms with E-state index in [-0.39, 0.29) is 11.9 Å². The molecule has 0 aromatic heterocycles. The van der Waals surface area contributed by atoms with Gasteiger partial charge in [-0.1, -0.05) is 32.4 Å². The maximum absolute atomic E-state index is 12.4. The second-order valence-electron chi connectivity index (χ2n) is 7.44. The Labute approximate surface area is 166 Å². The van der Waals surface area contributed by atoms with Gasteiger partial charge in [-0.3, -0.25) is 4.79 Å². The molecule has 0 bridgehead atoms. The highest BCUT2D eigenvalue weighted by molar-refractivity contribution is 5.91. The van der Waals surface area contributed by atoms with Crippen molar-refractivity contribution in [1.29, 1.82) is 0 Å². The molecule has 0 unspecified atom stereocenters. The third kappa shape index (κ3) is 5.22. The third-order valence-corrected chi connectivity index (χ3v) is 5.60. The van der Waals surface area contributed by atoms with Gasteiger partial charge < -0.3 is 9.47 Å². The number of hydrogen-bond acceptors (Lipinski definition) is 4. The van der Waals surface area contributed by atoms with Gasteiger partial charge in [0.2, 0.25) is 0 Å². The second-order valence-corrected chi connectivity index (χ2v) is 7.44. The van der Waals surface area contributed by atoms with Crippen molar-refractivity contribution in [3.8, 4) is 11.5 Å². The van der Waals surface area contributed by atoms with Gasteiger partial charge in [0, 0.05) is 6.42 Å². The average Bonchev–Trinajstić information content (AvgIpc) is 2.75. The number of rotatable bonds is 6. The van der Waals surface area contributed by atoms with E-state index >= 15 is 0 Å². The zero-order valence-electron chi connectivity index (χ0n) is 16.6. The van der Waals surface area contributed by atoms with E-state index in [1.165, 1.54) is 37.7 Å². The molecule has 0 amide bonds. The summed E-state index contributed by atoms with van der Waals surface area (Å²) in [5.74, 6) is 1.65. The van der Waals surface area contributed by atoms with Gasteiger partial charge >= 0.3 is 11.9 Å². The van der Waals surface area contributed by atoms with Crippen molar-refractivity contribution in [2.45, 2.75) is 58.3 Å². The standard InChI is InChI=1S/C24H28O4/c1-3-17-5-7-18(8-6-17)19-9-11-20(12-10-19)24(26)28-22-15-13-21(14-16-22)27-23(25)4-2/h9-18H,3-8H2,1-2H3. The molecule has 0 radical (unpaired) electrons. The predicted molar refractivity (Wildman–Crippen MR) is 109 cm³/mol. The van der Waals surface area contributed by atoms with E-state index in [0.29, 0.717) is 29.4 Å². The Hall–Kier alpha value is -2.62. The fraction of sp³-hybridized carbons (Fsp3) is 0.417. The number of carbonyl (C=O) groups excluding carboxylic acids is 2. The van der Waals surface area contributed by atoms with Crippen LogP contribution in [0.2, 0.25) is 0 Å². The van der Waals surface area contributed by atoms with Gasteiger partial charge in [0.15, 0.2) is 0 Å². The zero-order valence-corrected chi connectivity index (χ0v) is 16.6. The molecule has 0 atom stereocenters. The smallest absolute Gasteiger partial charge is 0.343 e. The van der Waals surface area contributed by atoms with Crippen LogP contribution in [-0.4, -0.2) is 11.9 Å². The molecule has 0 heterocycles. The molecule has 1 aliphatic carbocycles. The highest BCUT2D eigenvalue weighted by Gasteiger charge is 2.21. The largest absolute Gasteiger partial charge is 0.427 e. The Morgan fingerprint density at radius 3 is 1.93 bits per heavy atom. The van der Waals surface area contributed by atoms with E-state index in [1.807, 2.05) is 12.1 Å².